The number of nitrogens with one attached hydrogen (secondary N) is 1. The maximum absolute atomic E-state index is 11.4. The molecule has 2 unspecified atom stereocenters. The van der Waals surface area contributed by atoms with Crippen LogP contribution in [0.5, 0.6) is 0 Å². The zero-order valence-corrected chi connectivity index (χ0v) is 8.40. The molecule has 0 radical (unpaired) electrons. The van der Waals surface area contributed by atoms with Crippen LogP contribution in [0, 0.1) is 0 Å². The van der Waals surface area contributed by atoms with E-state index in [0.717, 1.165) is 0 Å². The van der Waals surface area contributed by atoms with E-state index >= 15 is 0 Å². The van der Waals surface area contributed by atoms with Crippen molar-refractivity contribution in [2.24, 2.45) is 0 Å². The Morgan fingerprint density at radius 3 is 2.50 bits per heavy atom. The van der Waals surface area contributed by atoms with E-state index < -0.39 is 16.1 Å². The first-order chi connectivity index (χ1) is 5.46. The molecule has 0 bridgehead atoms. The van der Waals surface area contributed by atoms with Crippen LogP contribution in [0.4, 0.5) is 0 Å². The molecular weight excluding hydrogens is 178 g/mol. The molecule has 0 aliphatic rings. The lowest BCUT2D eigenvalue weighted by atomic mass is 10.1. The van der Waals surface area contributed by atoms with E-state index in [4.69, 9.17) is 5.11 Å². The molecule has 0 saturated carbocycles. The molecule has 12 heavy (non-hydrogen) atoms. The van der Waals surface area contributed by atoms with Crippen LogP contribution in [0.2, 0.25) is 0 Å². The molecule has 2 atom stereocenters. The van der Waals surface area contributed by atoms with E-state index in [1.807, 2.05) is 6.92 Å². The predicted molar refractivity (Wildman–Crippen MR) is 47.7 cm³/mol. The number of aliphatic hydroxyl groups excluding tert-OH is 1. The summed E-state index contributed by atoms with van der Waals surface area (Å²) in [7, 11) is 0. The van der Waals surface area contributed by atoms with Crippen LogP contribution in [0.15, 0.2) is 0 Å². The van der Waals surface area contributed by atoms with E-state index in [0.29, 0.717) is 6.42 Å². The molecule has 0 fully saturated rings. The molecule has 0 aromatic heterocycles. The summed E-state index contributed by atoms with van der Waals surface area (Å²) < 4.78 is 12.9. The number of carbonyl (C=O) groups is 1. The molecule has 1 amide bonds. The summed E-state index contributed by atoms with van der Waals surface area (Å²) in [6.07, 6.45) is 0.552. The first kappa shape index (κ1) is 11.7. The Bertz CT molecular complexity index is 159. The zero-order chi connectivity index (χ0) is 9.78. The van der Waals surface area contributed by atoms with Gasteiger partial charge in [0.25, 0.3) is 5.91 Å². The standard InChI is InChI=1S/C7H15NO3S/c1-4-7(3,5-9)12(11)8-6(2)10/h9H,4-5H2,1-3H3,(H,8,10). The first-order valence-corrected chi connectivity index (χ1v) is 4.91. The van der Waals surface area contributed by atoms with E-state index in [9.17, 15) is 9.35 Å². The molecule has 2 N–H and O–H groups in total. The summed E-state index contributed by atoms with van der Waals surface area (Å²) in [5, 5.41) is 8.92. The summed E-state index contributed by atoms with van der Waals surface area (Å²) >= 11 is -1.50. The van der Waals surface area contributed by atoms with Gasteiger partial charge in [0.1, 0.15) is 0 Å². The van der Waals surface area contributed by atoms with Crippen molar-refractivity contribution in [2.75, 3.05) is 6.61 Å². The van der Waals surface area contributed by atoms with Gasteiger partial charge in [0, 0.05) is 6.92 Å². The summed E-state index contributed by atoms with van der Waals surface area (Å²) in [6.45, 7) is 4.58. The highest BCUT2D eigenvalue weighted by Crippen LogP contribution is 2.18. The third-order valence-electron chi connectivity index (χ3n) is 1.77. The highest BCUT2D eigenvalue weighted by atomic mass is 32.2. The van der Waals surface area contributed by atoms with Crippen LogP contribution in [0.3, 0.4) is 0 Å². The number of aliphatic hydroxyl groups is 1. The van der Waals surface area contributed by atoms with Gasteiger partial charge in [-0.05, 0) is 13.3 Å². The van der Waals surface area contributed by atoms with Gasteiger partial charge in [-0.25, -0.2) is 0 Å². The fourth-order valence-corrected chi connectivity index (χ4v) is 1.44. The van der Waals surface area contributed by atoms with Gasteiger partial charge < -0.3 is 9.66 Å². The lowest BCUT2D eigenvalue weighted by molar-refractivity contribution is -0.117. The number of hydrogen-bond donors (Lipinski definition) is 2. The Hall–Kier alpha value is -0.260. The molecule has 0 spiro atoms. The minimum absolute atomic E-state index is 0.198. The first-order valence-electron chi connectivity index (χ1n) is 3.76. The molecule has 0 aliphatic carbocycles. The number of rotatable bonds is 4. The van der Waals surface area contributed by atoms with Crippen molar-refractivity contribution < 1.29 is 14.5 Å². The Morgan fingerprint density at radius 1 is 1.75 bits per heavy atom. The van der Waals surface area contributed by atoms with Crippen LogP contribution < -0.4 is 4.72 Å². The predicted octanol–water partition coefficient (Wildman–Crippen LogP) is -0.0528. The molecule has 5 heteroatoms. The summed E-state index contributed by atoms with van der Waals surface area (Å²) in [4.78, 5) is 10.5. The maximum atomic E-state index is 11.4. The Labute approximate surface area is 75.7 Å². The van der Waals surface area contributed by atoms with E-state index in [2.05, 4.69) is 4.72 Å². The Morgan fingerprint density at radius 2 is 2.25 bits per heavy atom. The second-order valence-corrected chi connectivity index (χ2v) is 4.62. The van der Waals surface area contributed by atoms with Gasteiger partial charge in [0.2, 0.25) is 0 Å². The van der Waals surface area contributed by atoms with Crippen molar-refractivity contribution in [3.8, 4) is 0 Å². The van der Waals surface area contributed by atoms with E-state index in [-0.39, 0.29) is 12.5 Å². The summed E-state index contributed by atoms with van der Waals surface area (Å²) in [6, 6.07) is 0. The molecule has 0 heterocycles. The summed E-state index contributed by atoms with van der Waals surface area (Å²) in [5.41, 5.74) is 0. The maximum Gasteiger partial charge on any atom is 0.258 e. The monoisotopic (exact) mass is 193 g/mol. The minimum Gasteiger partial charge on any atom is -0.593 e. The van der Waals surface area contributed by atoms with Gasteiger partial charge >= 0.3 is 0 Å². The van der Waals surface area contributed by atoms with Gasteiger partial charge in [-0.15, -0.1) is 0 Å². The lowest BCUT2D eigenvalue weighted by Gasteiger charge is -2.27. The van der Waals surface area contributed by atoms with Crippen molar-refractivity contribution in [3.63, 3.8) is 0 Å². The molecule has 4 nitrogen and oxygen atoms in total. The van der Waals surface area contributed by atoms with E-state index in [1.165, 1.54) is 6.92 Å². The molecule has 0 rings (SSSR count). The van der Waals surface area contributed by atoms with Gasteiger partial charge in [-0.2, -0.15) is 4.72 Å². The second kappa shape index (κ2) is 4.69. The van der Waals surface area contributed by atoms with Gasteiger partial charge in [0.15, 0.2) is 4.75 Å². The van der Waals surface area contributed by atoms with Crippen LogP contribution in [0.1, 0.15) is 27.2 Å². The zero-order valence-electron chi connectivity index (χ0n) is 7.59. The fourth-order valence-electron chi connectivity index (χ4n) is 0.555. The average molecular weight is 193 g/mol. The van der Waals surface area contributed by atoms with Crippen molar-refractivity contribution >= 4 is 17.3 Å². The Balaban J connectivity index is 4.20. The molecule has 0 saturated heterocycles. The smallest absolute Gasteiger partial charge is 0.258 e. The normalized spacial score (nSPS) is 18.1. The van der Waals surface area contributed by atoms with E-state index in [1.54, 1.807) is 6.92 Å². The van der Waals surface area contributed by atoms with Crippen LogP contribution in [-0.2, 0) is 16.2 Å². The molecule has 72 valence electrons. The van der Waals surface area contributed by atoms with Gasteiger partial charge in [0.05, 0.1) is 18.0 Å². The average Bonchev–Trinajstić information content (AvgIpc) is 2.02. The molecular formula is C7H15NO3S. The lowest BCUT2D eigenvalue weighted by Crippen LogP contribution is -2.47. The SMILES string of the molecule is CCC(C)(CO)[S+]([O-])NC(C)=O. The molecule has 0 aromatic carbocycles. The van der Waals surface area contributed by atoms with Gasteiger partial charge in [-0.1, -0.05) is 6.92 Å². The van der Waals surface area contributed by atoms with Crippen molar-refractivity contribution in [1.29, 1.82) is 0 Å². The summed E-state index contributed by atoms with van der Waals surface area (Å²) in [5.74, 6) is -0.346. The van der Waals surface area contributed by atoms with Crippen LogP contribution in [0.25, 0.3) is 0 Å². The van der Waals surface area contributed by atoms with Crippen molar-refractivity contribution in [2.45, 2.75) is 31.9 Å². The molecule has 0 aliphatic heterocycles. The number of amides is 1. The highest BCUT2D eigenvalue weighted by Gasteiger charge is 2.36. The molecule has 0 aromatic rings. The van der Waals surface area contributed by atoms with Crippen molar-refractivity contribution in [1.82, 2.24) is 4.72 Å². The number of hydrogen-bond acceptors (Lipinski definition) is 3. The van der Waals surface area contributed by atoms with Crippen LogP contribution in [-0.4, -0.2) is 26.9 Å². The quantitative estimate of drug-likeness (QED) is 0.615. The largest absolute Gasteiger partial charge is 0.593 e. The number of carbonyl (C=O) groups excluding carboxylic acids is 1. The van der Waals surface area contributed by atoms with Crippen molar-refractivity contribution in [3.05, 3.63) is 0 Å². The third-order valence-corrected chi connectivity index (χ3v) is 3.55. The second-order valence-electron chi connectivity index (χ2n) is 2.89. The third kappa shape index (κ3) is 3.00. The Kier molecular flexibility index (Phi) is 4.59. The van der Waals surface area contributed by atoms with Crippen LogP contribution >= 0.6 is 0 Å². The highest BCUT2D eigenvalue weighted by molar-refractivity contribution is 7.91. The minimum atomic E-state index is -1.50. The topological polar surface area (TPSA) is 72.4 Å². The fraction of sp³-hybridized carbons (Fsp3) is 0.857. The van der Waals surface area contributed by atoms with Gasteiger partial charge in [-0.3, -0.25) is 4.79 Å².